The summed E-state index contributed by atoms with van der Waals surface area (Å²) in [6, 6.07) is 14.6. The minimum Gasteiger partial charge on any atom is -0.490 e. The van der Waals surface area contributed by atoms with Crippen molar-refractivity contribution in [1.29, 1.82) is 0 Å². The van der Waals surface area contributed by atoms with Gasteiger partial charge in [-0.2, -0.15) is 0 Å². The van der Waals surface area contributed by atoms with Crippen LogP contribution in [0, 0.1) is 0 Å². The van der Waals surface area contributed by atoms with Gasteiger partial charge in [0.05, 0.1) is 13.2 Å². The van der Waals surface area contributed by atoms with Crippen LogP contribution in [0.15, 0.2) is 52.9 Å². The molecule has 0 spiro atoms. The van der Waals surface area contributed by atoms with Gasteiger partial charge in [-0.15, -0.1) is 10.2 Å². The lowest BCUT2D eigenvalue weighted by molar-refractivity contribution is -0.135. The Morgan fingerprint density at radius 1 is 1.10 bits per heavy atom. The number of carbonyl (C=O) groups excluding carboxylic acids is 1. The molecule has 1 aromatic heterocycles. The van der Waals surface area contributed by atoms with Gasteiger partial charge in [0.1, 0.15) is 0 Å². The van der Waals surface area contributed by atoms with E-state index in [0.717, 1.165) is 18.4 Å². The second kappa shape index (κ2) is 9.17. The second-order valence-electron chi connectivity index (χ2n) is 6.93. The van der Waals surface area contributed by atoms with Crippen molar-refractivity contribution < 1.29 is 18.7 Å². The molecular formula is C22H22ClN3O4. The van der Waals surface area contributed by atoms with Gasteiger partial charge < -0.3 is 18.8 Å². The normalized spacial score (nSPS) is 13.1. The monoisotopic (exact) mass is 427 g/mol. The third-order valence-electron chi connectivity index (χ3n) is 4.67. The van der Waals surface area contributed by atoms with Crippen LogP contribution in [0.2, 0.25) is 5.02 Å². The van der Waals surface area contributed by atoms with E-state index in [0.29, 0.717) is 34.9 Å². The van der Waals surface area contributed by atoms with Crippen molar-refractivity contribution in [3.8, 4) is 23.0 Å². The van der Waals surface area contributed by atoms with Crippen LogP contribution in [-0.2, 0) is 11.3 Å². The van der Waals surface area contributed by atoms with Crippen LogP contribution in [-0.4, -0.2) is 40.3 Å². The molecule has 1 saturated carbocycles. The van der Waals surface area contributed by atoms with Crippen LogP contribution in [0.1, 0.15) is 25.7 Å². The van der Waals surface area contributed by atoms with Crippen LogP contribution in [0.4, 0.5) is 0 Å². The first-order valence-electron chi connectivity index (χ1n) is 9.86. The quantitative estimate of drug-likeness (QED) is 0.505. The van der Waals surface area contributed by atoms with Crippen LogP contribution in [0.5, 0.6) is 11.5 Å². The Morgan fingerprint density at radius 2 is 1.80 bits per heavy atom. The summed E-state index contributed by atoms with van der Waals surface area (Å²) in [5.41, 5.74) is 0.776. The second-order valence-corrected chi connectivity index (χ2v) is 7.37. The van der Waals surface area contributed by atoms with Gasteiger partial charge in [0.15, 0.2) is 18.1 Å². The average Bonchev–Trinajstić information content (AvgIpc) is 3.49. The zero-order valence-corrected chi connectivity index (χ0v) is 17.3. The number of rotatable bonds is 9. The molecule has 0 aliphatic heterocycles. The van der Waals surface area contributed by atoms with Gasteiger partial charge in [0.2, 0.25) is 11.8 Å². The molecule has 8 heteroatoms. The summed E-state index contributed by atoms with van der Waals surface area (Å²) < 4.78 is 17.0. The van der Waals surface area contributed by atoms with E-state index in [-0.39, 0.29) is 25.1 Å². The highest BCUT2D eigenvalue weighted by molar-refractivity contribution is 6.30. The van der Waals surface area contributed by atoms with E-state index in [2.05, 4.69) is 10.2 Å². The maximum atomic E-state index is 12.8. The van der Waals surface area contributed by atoms with Crippen molar-refractivity contribution in [1.82, 2.24) is 15.1 Å². The van der Waals surface area contributed by atoms with Crippen molar-refractivity contribution in [3.05, 3.63) is 59.4 Å². The first kappa shape index (κ1) is 20.2. The zero-order valence-electron chi connectivity index (χ0n) is 16.6. The van der Waals surface area contributed by atoms with E-state index in [1.54, 1.807) is 23.1 Å². The third-order valence-corrected chi connectivity index (χ3v) is 4.92. The molecule has 0 unspecified atom stereocenters. The SMILES string of the molecule is CCOc1ccccc1OCC(=O)N(Cc1nnc(-c2ccc(Cl)cc2)o1)C1CC1. The number of amides is 1. The summed E-state index contributed by atoms with van der Waals surface area (Å²) in [4.78, 5) is 14.6. The van der Waals surface area contributed by atoms with Gasteiger partial charge in [0.25, 0.3) is 5.91 Å². The average molecular weight is 428 g/mol. The van der Waals surface area contributed by atoms with Crippen molar-refractivity contribution in [3.63, 3.8) is 0 Å². The molecule has 156 valence electrons. The van der Waals surface area contributed by atoms with Gasteiger partial charge in [-0.1, -0.05) is 23.7 Å². The maximum Gasteiger partial charge on any atom is 0.261 e. The molecule has 0 bridgehead atoms. The number of hydrogen-bond donors (Lipinski definition) is 0. The molecule has 7 nitrogen and oxygen atoms in total. The fourth-order valence-corrected chi connectivity index (χ4v) is 3.17. The largest absolute Gasteiger partial charge is 0.490 e. The molecule has 1 heterocycles. The van der Waals surface area contributed by atoms with Crippen molar-refractivity contribution in [2.75, 3.05) is 13.2 Å². The smallest absolute Gasteiger partial charge is 0.261 e. The van der Waals surface area contributed by atoms with E-state index in [9.17, 15) is 4.79 Å². The molecule has 4 rings (SSSR count). The Labute approximate surface area is 179 Å². The summed E-state index contributed by atoms with van der Waals surface area (Å²) in [6.07, 6.45) is 1.92. The van der Waals surface area contributed by atoms with E-state index < -0.39 is 0 Å². The predicted octanol–water partition coefficient (Wildman–Crippen LogP) is 4.36. The molecule has 30 heavy (non-hydrogen) atoms. The van der Waals surface area contributed by atoms with E-state index in [4.69, 9.17) is 25.5 Å². The number of aromatic nitrogens is 2. The minimum atomic E-state index is -0.130. The molecule has 2 aromatic carbocycles. The standard InChI is InChI=1S/C22H22ClN3O4/c1-2-28-18-5-3-4-6-19(18)29-14-21(27)26(17-11-12-17)13-20-24-25-22(30-20)15-7-9-16(23)10-8-15/h3-10,17H,2,11-14H2,1H3. The lowest BCUT2D eigenvalue weighted by Gasteiger charge is -2.21. The number of nitrogens with zero attached hydrogens (tertiary/aromatic N) is 3. The minimum absolute atomic E-state index is 0.0846. The molecule has 1 amide bonds. The number of halogens is 1. The number of benzene rings is 2. The molecule has 1 aliphatic carbocycles. The first-order chi connectivity index (χ1) is 14.6. The summed E-state index contributed by atoms with van der Waals surface area (Å²) in [5, 5.41) is 8.82. The van der Waals surface area contributed by atoms with Crippen molar-refractivity contribution in [2.45, 2.75) is 32.4 Å². The molecular weight excluding hydrogens is 406 g/mol. The van der Waals surface area contributed by atoms with Crippen LogP contribution in [0.3, 0.4) is 0 Å². The van der Waals surface area contributed by atoms with E-state index in [1.165, 1.54) is 0 Å². The first-order valence-corrected chi connectivity index (χ1v) is 10.2. The predicted molar refractivity (Wildman–Crippen MR) is 111 cm³/mol. The highest BCUT2D eigenvalue weighted by Gasteiger charge is 2.34. The Hall–Kier alpha value is -3.06. The fraction of sp³-hybridized carbons (Fsp3) is 0.318. The molecule has 1 fully saturated rings. The Bertz CT molecular complexity index is 1000. The Morgan fingerprint density at radius 3 is 2.47 bits per heavy atom. The zero-order chi connectivity index (χ0) is 20.9. The van der Waals surface area contributed by atoms with Gasteiger partial charge >= 0.3 is 0 Å². The maximum absolute atomic E-state index is 12.8. The van der Waals surface area contributed by atoms with E-state index >= 15 is 0 Å². The number of ether oxygens (including phenoxy) is 2. The Kier molecular flexibility index (Phi) is 6.18. The topological polar surface area (TPSA) is 77.7 Å². The summed E-state index contributed by atoms with van der Waals surface area (Å²) in [6.45, 7) is 2.59. The Balaban J connectivity index is 1.41. The van der Waals surface area contributed by atoms with Crippen LogP contribution >= 0.6 is 11.6 Å². The van der Waals surface area contributed by atoms with Gasteiger partial charge in [-0.05, 0) is 56.2 Å². The molecule has 1 aliphatic rings. The number of carbonyl (C=O) groups is 1. The summed E-state index contributed by atoms with van der Waals surface area (Å²) >= 11 is 5.92. The lowest BCUT2D eigenvalue weighted by Crippen LogP contribution is -2.36. The van der Waals surface area contributed by atoms with Gasteiger partial charge in [0, 0.05) is 16.6 Å². The van der Waals surface area contributed by atoms with Crippen LogP contribution < -0.4 is 9.47 Å². The lowest BCUT2D eigenvalue weighted by atomic mass is 10.2. The summed E-state index contributed by atoms with van der Waals surface area (Å²) in [7, 11) is 0. The van der Waals surface area contributed by atoms with Gasteiger partial charge in [-0.3, -0.25) is 4.79 Å². The highest BCUT2D eigenvalue weighted by atomic mass is 35.5. The molecule has 3 aromatic rings. The highest BCUT2D eigenvalue weighted by Crippen LogP contribution is 2.30. The molecule has 0 N–H and O–H groups in total. The molecule has 0 saturated heterocycles. The van der Waals surface area contributed by atoms with Crippen molar-refractivity contribution >= 4 is 17.5 Å². The number of para-hydroxylation sites is 2. The van der Waals surface area contributed by atoms with Crippen molar-refractivity contribution in [2.24, 2.45) is 0 Å². The van der Waals surface area contributed by atoms with Gasteiger partial charge in [-0.25, -0.2) is 0 Å². The molecule has 0 atom stereocenters. The van der Waals surface area contributed by atoms with Crippen LogP contribution in [0.25, 0.3) is 11.5 Å². The fourth-order valence-electron chi connectivity index (χ4n) is 3.05. The molecule has 0 radical (unpaired) electrons. The van der Waals surface area contributed by atoms with E-state index in [1.807, 2.05) is 37.3 Å². The number of hydrogen-bond acceptors (Lipinski definition) is 6. The third kappa shape index (κ3) is 4.91. The summed E-state index contributed by atoms with van der Waals surface area (Å²) in [5.74, 6) is 1.82.